The molecule has 1 fully saturated rings. The average Bonchev–Trinajstić information content (AvgIpc) is 3.25. The SMILES string of the molecule is Cc1cc(C2CCCO2)oc(=O)c1C(=O)Nc1ccc2[nH]ncc2c1. The van der Waals surface area contributed by atoms with Crippen molar-refractivity contribution in [2.24, 2.45) is 0 Å². The number of fused-ring (bicyclic) bond motifs is 1. The number of nitrogens with zero attached hydrogens (tertiary/aromatic N) is 1. The van der Waals surface area contributed by atoms with Crippen LogP contribution in [0.25, 0.3) is 10.9 Å². The Balaban J connectivity index is 1.61. The Labute approximate surface area is 143 Å². The van der Waals surface area contributed by atoms with E-state index in [2.05, 4.69) is 15.5 Å². The van der Waals surface area contributed by atoms with Crippen LogP contribution in [0.15, 0.2) is 39.7 Å². The van der Waals surface area contributed by atoms with Gasteiger partial charge in [-0.15, -0.1) is 0 Å². The molecule has 2 aromatic heterocycles. The maximum atomic E-state index is 12.5. The molecule has 0 aliphatic carbocycles. The Morgan fingerprint density at radius 3 is 3.00 bits per heavy atom. The molecule has 4 rings (SSSR count). The summed E-state index contributed by atoms with van der Waals surface area (Å²) in [5, 5.41) is 10.4. The first kappa shape index (κ1) is 15.6. The molecule has 0 radical (unpaired) electrons. The highest BCUT2D eigenvalue weighted by Gasteiger charge is 2.24. The average molecular weight is 339 g/mol. The summed E-state index contributed by atoms with van der Waals surface area (Å²) >= 11 is 0. The fraction of sp³-hybridized carbons (Fsp3) is 0.278. The second kappa shape index (κ2) is 6.18. The van der Waals surface area contributed by atoms with Crippen LogP contribution in [0, 0.1) is 6.92 Å². The molecule has 128 valence electrons. The van der Waals surface area contributed by atoms with Gasteiger partial charge in [-0.05, 0) is 49.6 Å². The number of amides is 1. The predicted octanol–water partition coefficient (Wildman–Crippen LogP) is 2.93. The summed E-state index contributed by atoms with van der Waals surface area (Å²) in [7, 11) is 0. The fourth-order valence-electron chi connectivity index (χ4n) is 3.08. The molecule has 1 aromatic carbocycles. The first-order valence-electron chi connectivity index (χ1n) is 8.12. The zero-order chi connectivity index (χ0) is 17.4. The van der Waals surface area contributed by atoms with Crippen LogP contribution in [0.2, 0.25) is 0 Å². The highest BCUT2D eigenvalue weighted by atomic mass is 16.5. The molecule has 2 N–H and O–H groups in total. The number of carbonyl (C=O) groups is 1. The van der Waals surface area contributed by atoms with Crippen molar-refractivity contribution in [1.82, 2.24) is 10.2 Å². The minimum Gasteiger partial charge on any atom is -0.424 e. The second-order valence-electron chi connectivity index (χ2n) is 6.12. The van der Waals surface area contributed by atoms with E-state index in [1.165, 1.54) is 0 Å². The Hall–Kier alpha value is -2.93. The van der Waals surface area contributed by atoms with Gasteiger partial charge in [-0.25, -0.2) is 4.79 Å². The Kier molecular flexibility index (Phi) is 3.85. The standard InChI is InChI=1S/C18H17N3O4/c1-10-7-15(14-3-2-6-24-14)25-18(23)16(10)17(22)20-12-4-5-13-11(8-12)9-19-21-13/h4-5,7-9,14H,2-3,6H2,1H3,(H,19,21)(H,20,22). The van der Waals surface area contributed by atoms with Gasteiger partial charge in [-0.2, -0.15) is 5.10 Å². The Morgan fingerprint density at radius 1 is 1.36 bits per heavy atom. The fourth-order valence-corrected chi connectivity index (χ4v) is 3.08. The van der Waals surface area contributed by atoms with Gasteiger partial charge in [0.15, 0.2) is 0 Å². The molecule has 25 heavy (non-hydrogen) atoms. The van der Waals surface area contributed by atoms with E-state index in [9.17, 15) is 9.59 Å². The van der Waals surface area contributed by atoms with Crippen molar-refractivity contribution < 1.29 is 13.9 Å². The zero-order valence-corrected chi connectivity index (χ0v) is 13.7. The van der Waals surface area contributed by atoms with Crippen LogP contribution in [0.4, 0.5) is 5.69 Å². The van der Waals surface area contributed by atoms with Crippen LogP contribution in [-0.2, 0) is 4.74 Å². The van der Waals surface area contributed by atoms with E-state index >= 15 is 0 Å². The quantitative estimate of drug-likeness (QED) is 0.764. The molecule has 7 heteroatoms. The molecule has 7 nitrogen and oxygen atoms in total. The zero-order valence-electron chi connectivity index (χ0n) is 13.7. The van der Waals surface area contributed by atoms with Gasteiger partial charge in [0.1, 0.15) is 17.4 Å². The summed E-state index contributed by atoms with van der Waals surface area (Å²) in [6.45, 7) is 2.38. The molecule has 1 saturated heterocycles. The second-order valence-corrected chi connectivity index (χ2v) is 6.12. The highest BCUT2D eigenvalue weighted by molar-refractivity contribution is 6.05. The van der Waals surface area contributed by atoms with Gasteiger partial charge in [-0.3, -0.25) is 9.89 Å². The van der Waals surface area contributed by atoms with Crippen LogP contribution in [-0.4, -0.2) is 22.7 Å². The third-order valence-corrected chi connectivity index (χ3v) is 4.34. The summed E-state index contributed by atoms with van der Waals surface area (Å²) in [4.78, 5) is 24.9. The smallest absolute Gasteiger partial charge is 0.349 e. The minimum absolute atomic E-state index is 0.00837. The molecule has 1 unspecified atom stereocenters. The molecule has 1 aliphatic rings. The maximum absolute atomic E-state index is 12.5. The van der Waals surface area contributed by atoms with Gasteiger partial charge in [0.25, 0.3) is 5.91 Å². The molecule has 0 saturated carbocycles. The number of hydrogen-bond acceptors (Lipinski definition) is 5. The lowest BCUT2D eigenvalue weighted by atomic mass is 10.1. The molecule has 0 bridgehead atoms. The summed E-state index contributed by atoms with van der Waals surface area (Å²) < 4.78 is 10.9. The van der Waals surface area contributed by atoms with E-state index in [-0.39, 0.29) is 11.7 Å². The number of aromatic amines is 1. The highest BCUT2D eigenvalue weighted by Crippen LogP contribution is 2.28. The number of rotatable bonds is 3. The van der Waals surface area contributed by atoms with Gasteiger partial charge < -0.3 is 14.5 Å². The van der Waals surface area contributed by atoms with Crippen molar-refractivity contribution >= 4 is 22.5 Å². The summed E-state index contributed by atoms with van der Waals surface area (Å²) in [5.74, 6) is -0.00986. The molecule has 3 heterocycles. The van der Waals surface area contributed by atoms with Crippen molar-refractivity contribution in [3.8, 4) is 0 Å². The summed E-state index contributed by atoms with van der Waals surface area (Å²) in [6.07, 6.45) is 3.22. The predicted molar refractivity (Wildman–Crippen MR) is 91.7 cm³/mol. The van der Waals surface area contributed by atoms with Crippen LogP contribution < -0.4 is 10.9 Å². The third-order valence-electron chi connectivity index (χ3n) is 4.34. The van der Waals surface area contributed by atoms with E-state index in [1.54, 1.807) is 31.3 Å². The van der Waals surface area contributed by atoms with Crippen molar-refractivity contribution in [3.63, 3.8) is 0 Å². The maximum Gasteiger partial charge on any atom is 0.349 e. The van der Waals surface area contributed by atoms with E-state index in [0.29, 0.717) is 23.6 Å². The van der Waals surface area contributed by atoms with Gasteiger partial charge in [0, 0.05) is 17.7 Å². The Bertz CT molecular complexity index is 999. The van der Waals surface area contributed by atoms with E-state index < -0.39 is 11.5 Å². The van der Waals surface area contributed by atoms with Gasteiger partial charge in [0.05, 0.1) is 11.7 Å². The van der Waals surface area contributed by atoms with Crippen LogP contribution in [0.5, 0.6) is 0 Å². The van der Waals surface area contributed by atoms with Crippen molar-refractivity contribution in [2.75, 3.05) is 11.9 Å². The monoisotopic (exact) mass is 339 g/mol. The lowest BCUT2D eigenvalue weighted by molar-refractivity contribution is 0.0895. The largest absolute Gasteiger partial charge is 0.424 e. The summed E-state index contributed by atoms with van der Waals surface area (Å²) in [6, 6.07) is 7.06. The van der Waals surface area contributed by atoms with Gasteiger partial charge >= 0.3 is 5.63 Å². The van der Waals surface area contributed by atoms with Crippen LogP contribution in [0.3, 0.4) is 0 Å². The number of carbonyl (C=O) groups excluding carboxylic acids is 1. The number of aryl methyl sites for hydroxylation is 1. The molecule has 1 atom stereocenters. The molecular formula is C18H17N3O4. The first-order chi connectivity index (χ1) is 12.1. The Morgan fingerprint density at radius 2 is 2.24 bits per heavy atom. The van der Waals surface area contributed by atoms with Gasteiger partial charge in [0.2, 0.25) is 0 Å². The third kappa shape index (κ3) is 2.94. The first-order valence-corrected chi connectivity index (χ1v) is 8.12. The number of anilines is 1. The number of ether oxygens (including phenoxy) is 1. The lowest BCUT2D eigenvalue weighted by Gasteiger charge is -2.11. The van der Waals surface area contributed by atoms with Crippen molar-refractivity contribution in [1.29, 1.82) is 0 Å². The number of nitrogens with one attached hydrogen (secondary N) is 2. The number of H-pyrrole nitrogens is 1. The number of benzene rings is 1. The molecule has 1 amide bonds. The van der Waals surface area contributed by atoms with Crippen molar-refractivity contribution in [2.45, 2.75) is 25.9 Å². The normalized spacial score (nSPS) is 17.1. The van der Waals surface area contributed by atoms with Crippen molar-refractivity contribution in [3.05, 3.63) is 57.8 Å². The molecule has 3 aromatic rings. The number of hydrogen-bond donors (Lipinski definition) is 2. The molecule has 1 aliphatic heterocycles. The van der Waals surface area contributed by atoms with Gasteiger partial charge in [-0.1, -0.05) is 0 Å². The molecule has 0 spiro atoms. The molecular weight excluding hydrogens is 322 g/mol. The summed E-state index contributed by atoms with van der Waals surface area (Å²) in [5.41, 5.74) is 1.39. The lowest BCUT2D eigenvalue weighted by Crippen LogP contribution is -2.23. The van der Waals surface area contributed by atoms with Crippen LogP contribution >= 0.6 is 0 Å². The van der Waals surface area contributed by atoms with E-state index in [4.69, 9.17) is 9.15 Å². The topological polar surface area (TPSA) is 97.2 Å². The van der Waals surface area contributed by atoms with Crippen LogP contribution in [0.1, 0.15) is 40.6 Å². The number of aromatic nitrogens is 2. The van der Waals surface area contributed by atoms with E-state index in [0.717, 1.165) is 23.7 Å². The van der Waals surface area contributed by atoms with E-state index in [1.807, 2.05) is 6.07 Å². The minimum atomic E-state index is -0.646.